The Hall–Kier alpha value is -3.60. The highest BCUT2D eigenvalue weighted by atomic mass is 19.1. The van der Waals surface area contributed by atoms with Crippen LogP contribution in [0, 0.1) is 11.6 Å². The lowest BCUT2D eigenvalue weighted by atomic mass is 9.92. The molecule has 0 atom stereocenters. The molecule has 2 aromatic carbocycles. The fourth-order valence-corrected chi connectivity index (χ4v) is 4.44. The largest absolute Gasteiger partial charge is 0.496 e. The van der Waals surface area contributed by atoms with Crippen LogP contribution in [0.15, 0.2) is 41.2 Å². The fraction of sp³-hybridized carbons (Fsp3) is 0.417. The number of tetrazole rings is 1. The zero-order valence-electron chi connectivity index (χ0n) is 19.7. The number of para-hydroxylation sites is 1. The number of methoxy groups -OCH3 is 1. The monoisotopic (exact) mass is 487 g/mol. The molecular formula is C24H27F2N5O4. The highest BCUT2D eigenvalue weighted by Gasteiger charge is 2.33. The topological polar surface area (TPSA) is 102 Å². The number of halogens is 2. The van der Waals surface area contributed by atoms with Crippen molar-refractivity contribution >= 4 is 11.7 Å². The molecule has 0 spiro atoms. The van der Waals surface area contributed by atoms with Crippen molar-refractivity contribution in [3.8, 4) is 11.4 Å². The van der Waals surface area contributed by atoms with E-state index >= 15 is 0 Å². The molecule has 1 N–H and O–H groups in total. The first-order valence-electron chi connectivity index (χ1n) is 11.4. The van der Waals surface area contributed by atoms with Gasteiger partial charge in [0.15, 0.2) is 11.6 Å². The quantitative estimate of drug-likeness (QED) is 0.550. The molecule has 35 heavy (non-hydrogen) atoms. The van der Waals surface area contributed by atoms with Gasteiger partial charge >= 0.3 is 11.7 Å². The number of aromatic nitrogens is 4. The fourth-order valence-electron chi connectivity index (χ4n) is 4.44. The molecular weight excluding hydrogens is 460 g/mol. The maximum atomic E-state index is 14.3. The second kappa shape index (κ2) is 9.57. The lowest BCUT2D eigenvalue weighted by molar-refractivity contribution is 0.0756. The summed E-state index contributed by atoms with van der Waals surface area (Å²) < 4.78 is 34.8. The maximum Gasteiger partial charge on any atom is 0.377 e. The number of ether oxygens (including phenoxy) is 1. The Labute approximate surface area is 200 Å². The van der Waals surface area contributed by atoms with Gasteiger partial charge in [0.1, 0.15) is 11.4 Å². The molecule has 1 heterocycles. The second-order valence-electron chi connectivity index (χ2n) is 9.04. The van der Waals surface area contributed by atoms with Crippen LogP contribution in [-0.2, 0) is 5.60 Å². The third-order valence-corrected chi connectivity index (χ3v) is 6.18. The van der Waals surface area contributed by atoms with Gasteiger partial charge in [-0.25, -0.2) is 18.4 Å². The van der Waals surface area contributed by atoms with E-state index in [-0.39, 0.29) is 6.04 Å². The van der Waals surface area contributed by atoms with Crippen LogP contribution in [-0.4, -0.2) is 44.1 Å². The number of benzene rings is 2. The molecule has 186 valence electrons. The van der Waals surface area contributed by atoms with Crippen molar-refractivity contribution in [1.29, 1.82) is 0 Å². The minimum atomic E-state index is -1.27. The number of rotatable bonds is 5. The lowest BCUT2D eigenvalue weighted by Gasteiger charge is -2.34. The van der Waals surface area contributed by atoms with E-state index in [0.717, 1.165) is 37.5 Å². The smallest absolute Gasteiger partial charge is 0.377 e. The van der Waals surface area contributed by atoms with Gasteiger partial charge in [-0.3, -0.25) is 4.90 Å². The summed E-state index contributed by atoms with van der Waals surface area (Å²) in [6.45, 7) is 3.20. The number of anilines is 1. The van der Waals surface area contributed by atoms with Crippen LogP contribution in [0.2, 0.25) is 0 Å². The van der Waals surface area contributed by atoms with E-state index in [4.69, 9.17) is 4.74 Å². The zero-order chi connectivity index (χ0) is 25.3. The lowest BCUT2D eigenvalue weighted by Crippen LogP contribution is -2.47. The molecule has 1 aliphatic rings. The Bertz CT molecular complexity index is 1270. The number of hydrogen-bond donors (Lipinski definition) is 1. The summed E-state index contributed by atoms with van der Waals surface area (Å²) in [5.41, 5.74) is -2.20. The maximum absolute atomic E-state index is 14.3. The van der Waals surface area contributed by atoms with E-state index in [2.05, 4.69) is 10.4 Å². The molecule has 3 aromatic rings. The minimum absolute atomic E-state index is 0.249. The van der Waals surface area contributed by atoms with Gasteiger partial charge in [-0.2, -0.15) is 4.68 Å². The highest BCUT2D eigenvalue weighted by Crippen LogP contribution is 2.35. The van der Waals surface area contributed by atoms with Gasteiger partial charge in [0.25, 0.3) is 0 Å². The van der Waals surface area contributed by atoms with E-state index in [0.29, 0.717) is 39.2 Å². The predicted octanol–water partition coefficient (Wildman–Crippen LogP) is 3.75. The Morgan fingerprint density at radius 3 is 2.37 bits per heavy atom. The summed E-state index contributed by atoms with van der Waals surface area (Å²) in [5.74, 6) is -1.59. The van der Waals surface area contributed by atoms with Crippen LogP contribution >= 0.6 is 0 Å². The van der Waals surface area contributed by atoms with E-state index in [1.165, 1.54) is 12.0 Å². The predicted molar refractivity (Wildman–Crippen MR) is 124 cm³/mol. The third-order valence-electron chi connectivity index (χ3n) is 6.18. The van der Waals surface area contributed by atoms with Crippen molar-refractivity contribution < 1.29 is 23.4 Å². The van der Waals surface area contributed by atoms with Gasteiger partial charge < -0.3 is 9.84 Å². The summed E-state index contributed by atoms with van der Waals surface area (Å²) in [4.78, 5) is 28.1. The standard InChI is InChI=1S/C24H27F2N5O4/c1-24(2,34)17-14-16(12-13-20(17)35-3)29(15-8-5-4-6-9-15)22(32)31-23(33)30(27-28-31)21-18(25)10-7-11-19(21)26/h7,10-15,34H,4-6,8-9H2,1-3H3. The van der Waals surface area contributed by atoms with Gasteiger partial charge in [0.05, 0.1) is 12.7 Å². The van der Waals surface area contributed by atoms with Gasteiger partial charge in [-0.15, -0.1) is 4.68 Å². The molecule has 1 aliphatic carbocycles. The number of nitrogens with zero attached hydrogens (tertiary/aromatic N) is 5. The van der Waals surface area contributed by atoms with E-state index in [9.17, 15) is 23.5 Å². The van der Waals surface area contributed by atoms with Crippen LogP contribution in [0.4, 0.5) is 19.3 Å². The molecule has 0 radical (unpaired) electrons. The molecule has 0 unspecified atom stereocenters. The summed E-state index contributed by atoms with van der Waals surface area (Å²) in [6.07, 6.45) is 4.20. The molecule has 1 amide bonds. The van der Waals surface area contributed by atoms with Crippen molar-refractivity contribution in [3.05, 3.63) is 64.1 Å². The summed E-state index contributed by atoms with van der Waals surface area (Å²) in [6, 6.07) is 7.00. The Balaban J connectivity index is 1.82. The van der Waals surface area contributed by atoms with E-state index < -0.39 is 34.6 Å². The average Bonchev–Trinajstić information content (AvgIpc) is 3.20. The van der Waals surface area contributed by atoms with Crippen LogP contribution in [0.25, 0.3) is 5.69 Å². The van der Waals surface area contributed by atoms with E-state index in [1.54, 1.807) is 32.0 Å². The number of aliphatic hydroxyl groups is 1. The average molecular weight is 488 g/mol. The molecule has 1 fully saturated rings. The van der Waals surface area contributed by atoms with Crippen LogP contribution in [0.5, 0.6) is 5.75 Å². The number of carbonyl (C=O) groups excluding carboxylic acids is 1. The molecule has 1 aromatic heterocycles. The molecule has 0 saturated heterocycles. The molecule has 11 heteroatoms. The van der Waals surface area contributed by atoms with Gasteiger partial charge in [0.2, 0.25) is 0 Å². The molecule has 0 bridgehead atoms. The van der Waals surface area contributed by atoms with Crippen molar-refractivity contribution in [3.63, 3.8) is 0 Å². The molecule has 9 nitrogen and oxygen atoms in total. The molecule has 4 rings (SSSR count). The van der Waals surface area contributed by atoms with E-state index in [1.807, 2.05) is 0 Å². The summed E-state index contributed by atoms with van der Waals surface area (Å²) in [5, 5.41) is 17.9. The first kappa shape index (κ1) is 24.5. The van der Waals surface area contributed by atoms with Crippen LogP contribution in [0.3, 0.4) is 0 Å². The highest BCUT2D eigenvalue weighted by molar-refractivity contribution is 5.93. The minimum Gasteiger partial charge on any atom is -0.496 e. The van der Waals surface area contributed by atoms with Crippen molar-refractivity contribution in [2.24, 2.45) is 0 Å². The van der Waals surface area contributed by atoms with Gasteiger partial charge in [-0.1, -0.05) is 25.3 Å². The van der Waals surface area contributed by atoms with Crippen molar-refractivity contribution in [2.75, 3.05) is 12.0 Å². The molecule has 1 saturated carbocycles. The summed E-state index contributed by atoms with van der Waals surface area (Å²) in [7, 11) is 1.48. The number of hydrogen-bond acceptors (Lipinski definition) is 6. The summed E-state index contributed by atoms with van der Waals surface area (Å²) >= 11 is 0. The first-order valence-corrected chi connectivity index (χ1v) is 11.4. The Kier molecular flexibility index (Phi) is 6.70. The normalized spacial score (nSPS) is 14.7. The third kappa shape index (κ3) is 4.68. The van der Waals surface area contributed by atoms with Crippen molar-refractivity contribution in [2.45, 2.75) is 57.6 Å². The second-order valence-corrected chi connectivity index (χ2v) is 9.04. The SMILES string of the molecule is COc1ccc(N(C(=O)n2nnn(-c3c(F)cccc3F)c2=O)C2CCCCC2)cc1C(C)(C)O. The first-order chi connectivity index (χ1) is 16.6. The number of carbonyl (C=O) groups is 1. The molecule has 0 aliphatic heterocycles. The Morgan fingerprint density at radius 1 is 1.11 bits per heavy atom. The van der Waals surface area contributed by atoms with Crippen LogP contribution in [0.1, 0.15) is 51.5 Å². The van der Waals surface area contributed by atoms with Gasteiger partial charge in [0, 0.05) is 17.3 Å². The van der Waals surface area contributed by atoms with Crippen molar-refractivity contribution in [1.82, 2.24) is 19.8 Å². The Morgan fingerprint density at radius 2 is 1.77 bits per heavy atom. The van der Waals surface area contributed by atoms with Gasteiger partial charge in [-0.05, 0) is 67.4 Å². The van der Waals surface area contributed by atoms with Crippen LogP contribution < -0.4 is 15.3 Å². The number of amides is 1. The zero-order valence-corrected chi connectivity index (χ0v) is 19.7.